The summed E-state index contributed by atoms with van der Waals surface area (Å²) in [7, 11) is 0. The van der Waals surface area contributed by atoms with Crippen molar-refractivity contribution in [2.75, 3.05) is 6.67 Å². The third kappa shape index (κ3) is 1.90. The van der Waals surface area contributed by atoms with Crippen molar-refractivity contribution < 1.29 is 4.39 Å². The number of nitrogens with zero attached hydrogens (tertiary/aromatic N) is 2. The number of nitrogens with one attached hydrogen (secondary N) is 1. The monoisotopic (exact) mass is 237 g/mol. The summed E-state index contributed by atoms with van der Waals surface area (Å²) in [5.74, 6) is 0.695. The van der Waals surface area contributed by atoms with E-state index in [-0.39, 0.29) is 6.54 Å². The van der Waals surface area contributed by atoms with Crippen LogP contribution in [-0.4, -0.2) is 21.4 Å². The van der Waals surface area contributed by atoms with E-state index in [1.54, 1.807) is 4.57 Å². The number of H-pyrrole nitrogens is 1. The summed E-state index contributed by atoms with van der Waals surface area (Å²) >= 11 is 5.06. The first-order valence-corrected chi connectivity index (χ1v) is 5.42. The van der Waals surface area contributed by atoms with E-state index in [2.05, 4.69) is 10.2 Å². The summed E-state index contributed by atoms with van der Waals surface area (Å²) in [6.07, 6.45) is 0. The minimum absolute atomic E-state index is 0.235. The van der Waals surface area contributed by atoms with Crippen molar-refractivity contribution in [3.63, 3.8) is 0 Å². The number of hydrogen-bond acceptors (Lipinski definition) is 2. The Morgan fingerprint density at radius 1 is 1.44 bits per heavy atom. The molecule has 1 aromatic heterocycles. The largest absolute Gasteiger partial charge is 0.298 e. The second kappa shape index (κ2) is 4.57. The number of alkyl halides is 1. The molecule has 1 N–H and O–H groups in total. The molecule has 1 aromatic carbocycles. The summed E-state index contributed by atoms with van der Waals surface area (Å²) in [6.45, 7) is 1.78. The van der Waals surface area contributed by atoms with Crippen LogP contribution in [0.5, 0.6) is 0 Å². The second-order valence-electron chi connectivity index (χ2n) is 3.51. The normalized spacial score (nSPS) is 10.6. The smallest absolute Gasteiger partial charge is 0.195 e. The summed E-state index contributed by atoms with van der Waals surface area (Å²) in [6, 6.07) is 7.83. The maximum Gasteiger partial charge on any atom is 0.195 e. The van der Waals surface area contributed by atoms with E-state index in [4.69, 9.17) is 12.2 Å². The minimum atomic E-state index is -0.452. The molecule has 84 valence electrons. The van der Waals surface area contributed by atoms with Crippen LogP contribution in [-0.2, 0) is 6.54 Å². The van der Waals surface area contributed by atoms with Gasteiger partial charge in [-0.25, -0.2) is 4.39 Å². The Bertz CT molecular complexity index is 544. The molecule has 1 heterocycles. The van der Waals surface area contributed by atoms with Crippen LogP contribution in [0, 0.1) is 11.7 Å². The van der Waals surface area contributed by atoms with Gasteiger partial charge in [-0.3, -0.25) is 9.67 Å². The third-order valence-corrected chi connectivity index (χ3v) is 2.76. The average molecular weight is 237 g/mol. The Kier molecular flexibility index (Phi) is 3.14. The number of halogens is 1. The Morgan fingerprint density at radius 3 is 2.88 bits per heavy atom. The molecule has 0 aliphatic carbocycles. The van der Waals surface area contributed by atoms with Gasteiger partial charge in [-0.05, 0) is 24.7 Å². The molecule has 2 aromatic rings. The van der Waals surface area contributed by atoms with E-state index >= 15 is 0 Å². The summed E-state index contributed by atoms with van der Waals surface area (Å²) < 4.78 is 14.6. The van der Waals surface area contributed by atoms with Gasteiger partial charge < -0.3 is 0 Å². The van der Waals surface area contributed by atoms with Gasteiger partial charge in [0.25, 0.3) is 0 Å². The van der Waals surface area contributed by atoms with Crippen LogP contribution in [0.1, 0.15) is 5.56 Å². The van der Waals surface area contributed by atoms with Crippen LogP contribution in [0.4, 0.5) is 4.39 Å². The fraction of sp³-hybridized carbons (Fsp3) is 0.273. The van der Waals surface area contributed by atoms with Gasteiger partial charge in [0.05, 0.1) is 6.54 Å². The Balaban J connectivity index is 2.56. The van der Waals surface area contributed by atoms with Crippen LogP contribution in [0.25, 0.3) is 11.4 Å². The van der Waals surface area contributed by atoms with Crippen LogP contribution in [0.15, 0.2) is 24.3 Å². The first-order chi connectivity index (χ1) is 7.74. The molecule has 0 aliphatic heterocycles. The van der Waals surface area contributed by atoms with E-state index in [0.717, 1.165) is 11.1 Å². The van der Waals surface area contributed by atoms with Gasteiger partial charge in [-0.2, -0.15) is 5.10 Å². The molecule has 3 nitrogen and oxygen atoms in total. The standard InChI is InChI=1S/C11H12FN3S/c1-8-4-2-3-5-9(8)10-13-14-11(16)15(10)7-6-12/h2-5H,6-7H2,1H3,(H,14,16). The zero-order chi connectivity index (χ0) is 11.5. The van der Waals surface area contributed by atoms with Crippen molar-refractivity contribution in [1.29, 1.82) is 0 Å². The third-order valence-electron chi connectivity index (χ3n) is 2.45. The lowest BCUT2D eigenvalue weighted by Gasteiger charge is -2.06. The fourth-order valence-electron chi connectivity index (χ4n) is 1.64. The lowest BCUT2D eigenvalue weighted by atomic mass is 10.1. The molecule has 0 fully saturated rings. The molecule has 0 radical (unpaired) electrons. The van der Waals surface area contributed by atoms with Crippen LogP contribution < -0.4 is 0 Å². The van der Waals surface area contributed by atoms with Crippen molar-refractivity contribution in [2.24, 2.45) is 0 Å². The number of aryl methyl sites for hydroxylation is 1. The molecular formula is C11H12FN3S. The molecule has 2 rings (SSSR count). The number of rotatable bonds is 3. The molecule has 0 atom stereocenters. The minimum Gasteiger partial charge on any atom is -0.298 e. The topological polar surface area (TPSA) is 33.6 Å². The molecule has 0 unspecified atom stereocenters. The molecule has 5 heteroatoms. The van der Waals surface area contributed by atoms with Crippen molar-refractivity contribution in [3.8, 4) is 11.4 Å². The quantitative estimate of drug-likeness (QED) is 0.833. The first-order valence-electron chi connectivity index (χ1n) is 5.01. The average Bonchev–Trinajstić information content (AvgIpc) is 2.62. The SMILES string of the molecule is Cc1ccccc1-c1n[nH]c(=S)n1CCF. The highest BCUT2D eigenvalue weighted by molar-refractivity contribution is 7.71. The molecule has 0 amide bonds. The van der Waals surface area contributed by atoms with Gasteiger partial charge >= 0.3 is 0 Å². The zero-order valence-electron chi connectivity index (χ0n) is 8.90. The number of hydrogen-bond donors (Lipinski definition) is 1. The highest BCUT2D eigenvalue weighted by atomic mass is 32.1. The van der Waals surface area contributed by atoms with Gasteiger partial charge in [0.1, 0.15) is 6.67 Å². The highest BCUT2D eigenvalue weighted by Gasteiger charge is 2.09. The van der Waals surface area contributed by atoms with Crippen molar-refractivity contribution in [2.45, 2.75) is 13.5 Å². The molecule has 16 heavy (non-hydrogen) atoms. The van der Waals surface area contributed by atoms with Gasteiger partial charge in [-0.15, -0.1) is 0 Å². The lowest BCUT2D eigenvalue weighted by Crippen LogP contribution is -2.03. The lowest BCUT2D eigenvalue weighted by molar-refractivity contribution is 0.445. The van der Waals surface area contributed by atoms with E-state index in [9.17, 15) is 4.39 Å². The van der Waals surface area contributed by atoms with Crippen LogP contribution >= 0.6 is 12.2 Å². The molecule has 0 spiro atoms. The molecule has 0 bridgehead atoms. The van der Waals surface area contributed by atoms with Crippen molar-refractivity contribution in [3.05, 3.63) is 34.6 Å². The fourth-order valence-corrected chi connectivity index (χ4v) is 1.86. The molecule has 0 saturated heterocycles. The summed E-state index contributed by atoms with van der Waals surface area (Å²) in [4.78, 5) is 0. The van der Waals surface area contributed by atoms with Crippen LogP contribution in [0.2, 0.25) is 0 Å². The van der Waals surface area contributed by atoms with Crippen molar-refractivity contribution >= 4 is 12.2 Å². The zero-order valence-corrected chi connectivity index (χ0v) is 9.72. The summed E-state index contributed by atoms with van der Waals surface area (Å²) in [5, 5.41) is 6.84. The van der Waals surface area contributed by atoms with Crippen LogP contribution in [0.3, 0.4) is 0 Å². The highest BCUT2D eigenvalue weighted by Crippen LogP contribution is 2.20. The number of aromatic amines is 1. The van der Waals surface area contributed by atoms with E-state index in [1.165, 1.54) is 0 Å². The maximum atomic E-state index is 12.4. The molecular weight excluding hydrogens is 225 g/mol. The Labute approximate surface area is 97.9 Å². The Morgan fingerprint density at radius 2 is 2.19 bits per heavy atom. The predicted molar refractivity (Wildman–Crippen MR) is 63.6 cm³/mol. The second-order valence-corrected chi connectivity index (χ2v) is 3.89. The van der Waals surface area contributed by atoms with Gasteiger partial charge in [0, 0.05) is 5.56 Å². The molecule has 0 saturated carbocycles. The van der Waals surface area contributed by atoms with Gasteiger partial charge in [-0.1, -0.05) is 24.3 Å². The summed E-state index contributed by atoms with van der Waals surface area (Å²) in [5.41, 5.74) is 2.07. The van der Waals surface area contributed by atoms with Gasteiger partial charge in [0.2, 0.25) is 0 Å². The van der Waals surface area contributed by atoms with E-state index in [0.29, 0.717) is 10.6 Å². The van der Waals surface area contributed by atoms with Crippen molar-refractivity contribution in [1.82, 2.24) is 14.8 Å². The molecule has 0 aliphatic rings. The van der Waals surface area contributed by atoms with E-state index < -0.39 is 6.67 Å². The Hall–Kier alpha value is -1.49. The van der Waals surface area contributed by atoms with Gasteiger partial charge in [0.15, 0.2) is 10.6 Å². The van der Waals surface area contributed by atoms with E-state index in [1.807, 2.05) is 31.2 Å². The first kappa shape index (κ1) is 11.0. The number of aromatic nitrogens is 3. The predicted octanol–water partition coefficient (Wildman–Crippen LogP) is 2.89. The number of benzene rings is 1. The maximum absolute atomic E-state index is 12.4.